The summed E-state index contributed by atoms with van der Waals surface area (Å²) >= 11 is 0. The van der Waals surface area contributed by atoms with Crippen molar-refractivity contribution in [1.29, 1.82) is 0 Å². The second-order valence-corrected chi connectivity index (χ2v) is 4.78. The summed E-state index contributed by atoms with van der Waals surface area (Å²) in [6.07, 6.45) is 0. The van der Waals surface area contributed by atoms with Crippen molar-refractivity contribution in [3.63, 3.8) is 0 Å². The molecular weight excluding hydrogens is 252 g/mol. The molecule has 2 rings (SSSR count). The highest BCUT2D eigenvalue weighted by atomic mass is 16.5. The molecule has 0 aliphatic rings. The van der Waals surface area contributed by atoms with Crippen LogP contribution >= 0.6 is 0 Å². The summed E-state index contributed by atoms with van der Waals surface area (Å²) in [5.74, 6) is 0.828. The van der Waals surface area contributed by atoms with Gasteiger partial charge in [0.25, 0.3) is 0 Å². The van der Waals surface area contributed by atoms with Crippen LogP contribution in [-0.4, -0.2) is 31.1 Å². The Balaban J connectivity index is 1.98. The number of hydrogen-bond acceptors (Lipinski definition) is 4. The molecule has 2 N–H and O–H groups in total. The number of nitrogens with zero attached hydrogens (tertiary/aromatic N) is 1. The van der Waals surface area contributed by atoms with Crippen LogP contribution in [0.25, 0.3) is 11.0 Å². The Labute approximate surface area is 120 Å². The molecule has 0 saturated carbocycles. The molecule has 4 heteroatoms. The Bertz CT molecular complexity index is 532. The Kier molecular flexibility index (Phi) is 5.59. The van der Waals surface area contributed by atoms with E-state index < -0.39 is 0 Å². The zero-order valence-electron chi connectivity index (χ0n) is 12.4. The zero-order valence-corrected chi connectivity index (χ0v) is 12.4. The maximum Gasteiger partial charge on any atom is 0.134 e. The molecule has 0 spiro atoms. The van der Waals surface area contributed by atoms with E-state index in [1.807, 2.05) is 18.2 Å². The van der Waals surface area contributed by atoms with Gasteiger partial charge in [0.05, 0.1) is 19.8 Å². The molecule has 0 unspecified atom stereocenters. The first-order valence-electron chi connectivity index (χ1n) is 7.29. The van der Waals surface area contributed by atoms with Crippen LogP contribution < -0.4 is 5.73 Å². The van der Waals surface area contributed by atoms with Crippen LogP contribution in [0.15, 0.2) is 28.7 Å². The van der Waals surface area contributed by atoms with E-state index in [1.54, 1.807) is 0 Å². The van der Waals surface area contributed by atoms with Crippen LogP contribution in [0.2, 0.25) is 0 Å². The minimum Gasteiger partial charge on any atom is -0.459 e. The van der Waals surface area contributed by atoms with Gasteiger partial charge in [-0.05, 0) is 19.2 Å². The molecule has 1 aromatic heterocycles. The van der Waals surface area contributed by atoms with E-state index in [9.17, 15) is 0 Å². The molecule has 0 fully saturated rings. The molecule has 20 heavy (non-hydrogen) atoms. The summed E-state index contributed by atoms with van der Waals surface area (Å²) < 4.78 is 11.6. The maximum atomic E-state index is 5.81. The summed E-state index contributed by atoms with van der Waals surface area (Å²) in [5, 5.41) is 1.11. The van der Waals surface area contributed by atoms with Crippen molar-refractivity contribution in [2.45, 2.75) is 27.0 Å². The zero-order chi connectivity index (χ0) is 14.4. The minimum atomic E-state index is 0.406. The average Bonchev–Trinajstić information content (AvgIpc) is 2.85. The summed E-state index contributed by atoms with van der Waals surface area (Å²) in [7, 11) is 0. The third kappa shape index (κ3) is 3.39. The highest BCUT2D eigenvalue weighted by Gasteiger charge is 2.12. The number of rotatable bonds is 8. The number of ether oxygens (including phenoxy) is 1. The number of hydrogen-bond donors (Lipinski definition) is 1. The fourth-order valence-corrected chi connectivity index (χ4v) is 2.38. The van der Waals surface area contributed by atoms with Crippen molar-refractivity contribution in [2.24, 2.45) is 5.73 Å². The second-order valence-electron chi connectivity index (χ2n) is 4.78. The standard InChI is InChI=1S/C16H24N2O2/c1-3-18(4-2)9-10-19-12-14-13-7-5-6-8-15(13)20-16(14)11-17/h5-8H,3-4,9-12,17H2,1-2H3. The Hall–Kier alpha value is -1.36. The van der Waals surface area contributed by atoms with Crippen molar-refractivity contribution < 1.29 is 9.15 Å². The number of furan rings is 1. The molecule has 0 amide bonds. The highest BCUT2D eigenvalue weighted by Crippen LogP contribution is 2.26. The van der Waals surface area contributed by atoms with Crippen LogP contribution in [0, 0.1) is 0 Å². The topological polar surface area (TPSA) is 51.6 Å². The van der Waals surface area contributed by atoms with Crippen molar-refractivity contribution in [1.82, 2.24) is 4.90 Å². The monoisotopic (exact) mass is 276 g/mol. The van der Waals surface area contributed by atoms with Crippen LogP contribution in [0.1, 0.15) is 25.2 Å². The first-order chi connectivity index (χ1) is 9.80. The van der Waals surface area contributed by atoms with Gasteiger partial charge in [0.1, 0.15) is 11.3 Å². The fraction of sp³-hybridized carbons (Fsp3) is 0.500. The number of likely N-dealkylation sites (N-methyl/N-ethyl adjacent to an activating group) is 1. The van der Waals surface area contributed by atoms with Gasteiger partial charge in [0.15, 0.2) is 0 Å². The van der Waals surface area contributed by atoms with E-state index >= 15 is 0 Å². The summed E-state index contributed by atoms with van der Waals surface area (Å²) in [6, 6.07) is 8.00. The third-order valence-electron chi connectivity index (χ3n) is 3.66. The van der Waals surface area contributed by atoms with Crippen molar-refractivity contribution in [2.75, 3.05) is 26.2 Å². The van der Waals surface area contributed by atoms with E-state index in [-0.39, 0.29) is 0 Å². The molecule has 110 valence electrons. The molecule has 0 atom stereocenters. The lowest BCUT2D eigenvalue weighted by molar-refractivity contribution is 0.0952. The third-order valence-corrected chi connectivity index (χ3v) is 3.66. The maximum absolute atomic E-state index is 5.81. The van der Waals surface area contributed by atoms with E-state index in [0.29, 0.717) is 13.2 Å². The Morgan fingerprint density at radius 2 is 1.95 bits per heavy atom. The Morgan fingerprint density at radius 1 is 1.20 bits per heavy atom. The highest BCUT2D eigenvalue weighted by molar-refractivity contribution is 5.82. The largest absolute Gasteiger partial charge is 0.459 e. The lowest BCUT2D eigenvalue weighted by atomic mass is 10.1. The average molecular weight is 276 g/mol. The van der Waals surface area contributed by atoms with Crippen LogP contribution in [0.5, 0.6) is 0 Å². The lowest BCUT2D eigenvalue weighted by Crippen LogP contribution is -2.27. The van der Waals surface area contributed by atoms with Crippen molar-refractivity contribution >= 4 is 11.0 Å². The molecular formula is C16H24N2O2. The predicted octanol–water partition coefficient (Wildman–Crippen LogP) is 2.75. The SMILES string of the molecule is CCN(CC)CCOCc1c(CN)oc2ccccc12. The van der Waals surface area contributed by atoms with E-state index in [1.165, 1.54) is 0 Å². The molecule has 0 radical (unpaired) electrons. The lowest BCUT2D eigenvalue weighted by Gasteiger charge is -2.17. The summed E-state index contributed by atoms with van der Waals surface area (Å²) in [6.45, 7) is 9.10. The van der Waals surface area contributed by atoms with Gasteiger partial charge >= 0.3 is 0 Å². The molecule has 1 aromatic carbocycles. The van der Waals surface area contributed by atoms with Gasteiger partial charge in [0, 0.05) is 17.5 Å². The molecule has 1 heterocycles. The normalized spacial score (nSPS) is 11.6. The second kappa shape index (κ2) is 7.43. The minimum absolute atomic E-state index is 0.406. The summed E-state index contributed by atoms with van der Waals surface area (Å²) in [4.78, 5) is 2.34. The first-order valence-corrected chi connectivity index (χ1v) is 7.29. The van der Waals surface area contributed by atoms with Gasteiger partial charge in [-0.2, -0.15) is 0 Å². The van der Waals surface area contributed by atoms with Gasteiger partial charge in [0.2, 0.25) is 0 Å². The summed E-state index contributed by atoms with van der Waals surface area (Å²) in [5.41, 5.74) is 7.72. The van der Waals surface area contributed by atoms with Crippen LogP contribution in [0.4, 0.5) is 0 Å². The van der Waals surface area contributed by atoms with E-state index in [4.69, 9.17) is 14.9 Å². The van der Waals surface area contributed by atoms with Crippen LogP contribution in [0.3, 0.4) is 0 Å². The molecule has 0 aliphatic carbocycles. The molecule has 0 bridgehead atoms. The van der Waals surface area contributed by atoms with Crippen molar-refractivity contribution in [3.8, 4) is 0 Å². The van der Waals surface area contributed by atoms with Gasteiger partial charge < -0.3 is 19.8 Å². The van der Waals surface area contributed by atoms with Crippen LogP contribution in [-0.2, 0) is 17.9 Å². The van der Waals surface area contributed by atoms with Gasteiger partial charge in [-0.15, -0.1) is 0 Å². The van der Waals surface area contributed by atoms with Gasteiger partial charge in [-0.1, -0.05) is 32.0 Å². The Morgan fingerprint density at radius 3 is 2.65 bits per heavy atom. The van der Waals surface area contributed by atoms with Gasteiger partial charge in [-0.3, -0.25) is 0 Å². The van der Waals surface area contributed by atoms with Crippen molar-refractivity contribution in [3.05, 3.63) is 35.6 Å². The van der Waals surface area contributed by atoms with E-state index in [2.05, 4.69) is 24.8 Å². The number of para-hydroxylation sites is 1. The first kappa shape index (κ1) is 15.0. The molecule has 4 nitrogen and oxygen atoms in total. The van der Waals surface area contributed by atoms with Gasteiger partial charge in [-0.25, -0.2) is 0 Å². The molecule has 2 aromatic rings. The van der Waals surface area contributed by atoms with E-state index in [0.717, 1.165) is 48.5 Å². The number of benzene rings is 1. The predicted molar refractivity (Wildman–Crippen MR) is 81.5 cm³/mol. The number of nitrogens with two attached hydrogens (primary N) is 1. The quantitative estimate of drug-likeness (QED) is 0.753. The smallest absolute Gasteiger partial charge is 0.134 e. The fourth-order valence-electron chi connectivity index (χ4n) is 2.38. The molecule has 0 aliphatic heterocycles. The number of fused-ring (bicyclic) bond motifs is 1. The molecule has 0 saturated heterocycles.